The van der Waals surface area contributed by atoms with E-state index in [-0.39, 0.29) is 6.04 Å². The van der Waals surface area contributed by atoms with Crippen molar-refractivity contribution in [3.05, 3.63) is 29.3 Å². The molecule has 4 nitrogen and oxygen atoms in total. The molecule has 1 unspecified atom stereocenters. The first kappa shape index (κ1) is 16.5. The highest BCUT2D eigenvalue weighted by Gasteiger charge is 2.11. The molecule has 0 aliphatic rings. The summed E-state index contributed by atoms with van der Waals surface area (Å²) in [7, 11) is 1.66. The zero-order chi connectivity index (χ0) is 15.0. The van der Waals surface area contributed by atoms with Crippen LogP contribution in [-0.2, 0) is 0 Å². The second kappa shape index (κ2) is 8.57. The Kier molecular flexibility index (Phi) is 7.06. The van der Waals surface area contributed by atoms with Crippen LogP contribution < -0.4 is 10.1 Å². The Morgan fingerprint density at radius 3 is 2.55 bits per heavy atom. The number of aryl methyl sites for hydroxylation is 1. The third kappa shape index (κ3) is 4.52. The lowest BCUT2D eigenvalue weighted by molar-refractivity contribution is 0.300. The van der Waals surface area contributed by atoms with E-state index in [1.165, 1.54) is 0 Å². The molecule has 1 atom stereocenters. The maximum atomic E-state index is 9.32. The summed E-state index contributed by atoms with van der Waals surface area (Å²) in [5.74, 6) is 0.855. The molecule has 0 spiro atoms. The number of hydrogen-bond acceptors (Lipinski definition) is 4. The molecule has 0 fully saturated rings. The molecule has 4 heteroatoms. The van der Waals surface area contributed by atoms with Gasteiger partial charge >= 0.3 is 0 Å². The number of nitrogens with one attached hydrogen (secondary N) is 1. The number of rotatable bonds is 8. The fourth-order valence-corrected chi connectivity index (χ4v) is 2.23. The van der Waals surface area contributed by atoms with Crippen LogP contribution in [0.4, 0.5) is 0 Å². The molecule has 20 heavy (non-hydrogen) atoms. The monoisotopic (exact) mass is 275 g/mol. The Bertz CT molecular complexity index is 450. The average molecular weight is 275 g/mol. The van der Waals surface area contributed by atoms with E-state index in [2.05, 4.69) is 30.1 Å². The number of hydrogen-bond donors (Lipinski definition) is 1. The quantitative estimate of drug-likeness (QED) is 0.792. The fraction of sp³-hybridized carbons (Fsp3) is 0.562. The molecular weight excluding hydrogens is 250 g/mol. The van der Waals surface area contributed by atoms with Gasteiger partial charge in [0.15, 0.2) is 0 Å². The van der Waals surface area contributed by atoms with Crippen molar-refractivity contribution in [1.29, 1.82) is 5.26 Å². The highest BCUT2D eigenvalue weighted by molar-refractivity contribution is 5.38. The fourth-order valence-electron chi connectivity index (χ4n) is 2.23. The van der Waals surface area contributed by atoms with Gasteiger partial charge in [-0.3, -0.25) is 5.32 Å². The van der Waals surface area contributed by atoms with E-state index in [1.54, 1.807) is 7.11 Å². The molecule has 0 saturated heterocycles. The lowest BCUT2D eigenvalue weighted by Gasteiger charge is -2.20. The maximum Gasteiger partial charge on any atom is 0.121 e. The lowest BCUT2D eigenvalue weighted by Crippen LogP contribution is -2.33. The Labute approximate surface area is 122 Å². The summed E-state index contributed by atoms with van der Waals surface area (Å²) < 4.78 is 5.25. The molecule has 0 heterocycles. The van der Waals surface area contributed by atoms with Gasteiger partial charge in [-0.15, -0.1) is 0 Å². The van der Waals surface area contributed by atoms with Crippen molar-refractivity contribution in [2.24, 2.45) is 0 Å². The van der Waals surface area contributed by atoms with E-state index in [1.807, 2.05) is 25.1 Å². The van der Waals surface area contributed by atoms with Crippen LogP contribution >= 0.6 is 0 Å². The largest absolute Gasteiger partial charge is 0.496 e. The van der Waals surface area contributed by atoms with Crippen molar-refractivity contribution in [3.8, 4) is 11.8 Å². The summed E-state index contributed by atoms with van der Waals surface area (Å²) in [6.45, 7) is 10.1. The summed E-state index contributed by atoms with van der Waals surface area (Å²) in [5.41, 5.74) is 2.04. The van der Waals surface area contributed by atoms with Crippen molar-refractivity contribution in [2.75, 3.05) is 33.3 Å². The molecule has 110 valence electrons. The second-order valence-electron chi connectivity index (χ2n) is 4.77. The van der Waals surface area contributed by atoms with Gasteiger partial charge in [0.1, 0.15) is 11.8 Å². The van der Waals surface area contributed by atoms with Crippen molar-refractivity contribution >= 4 is 0 Å². The van der Waals surface area contributed by atoms with Gasteiger partial charge in [0.25, 0.3) is 0 Å². The molecule has 1 aromatic carbocycles. The molecule has 1 aromatic rings. The Morgan fingerprint density at radius 1 is 1.35 bits per heavy atom. The van der Waals surface area contributed by atoms with Crippen LogP contribution in [0.15, 0.2) is 18.2 Å². The predicted molar refractivity (Wildman–Crippen MR) is 81.9 cm³/mol. The van der Waals surface area contributed by atoms with Crippen LogP contribution in [0.3, 0.4) is 0 Å². The summed E-state index contributed by atoms with van der Waals surface area (Å²) in [4.78, 5) is 2.33. The minimum atomic E-state index is -0.268. The SMILES string of the molecule is CCN(CC)CCNC(C#N)c1ccc(OC)c(C)c1. The highest BCUT2D eigenvalue weighted by Crippen LogP contribution is 2.22. The summed E-state index contributed by atoms with van der Waals surface area (Å²) in [6.07, 6.45) is 0. The maximum absolute atomic E-state index is 9.32. The van der Waals surface area contributed by atoms with Gasteiger partial charge in [-0.2, -0.15) is 5.26 Å². The third-order valence-corrected chi connectivity index (χ3v) is 3.55. The van der Waals surface area contributed by atoms with Gasteiger partial charge in [-0.25, -0.2) is 0 Å². The molecule has 0 saturated carbocycles. The highest BCUT2D eigenvalue weighted by atomic mass is 16.5. The van der Waals surface area contributed by atoms with Crippen LogP contribution in [0.1, 0.15) is 31.0 Å². The number of benzene rings is 1. The number of ether oxygens (including phenoxy) is 1. The molecule has 0 aromatic heterocycles. The third-order valence-electron chi connectivity index (χ3n) is 3.55. The molecule has 1 rings (SSSR count). The zero-order valence-corrected chi connectivity index (χ0v) is 12.9. The van der Waals surface area contributed by atoms with Gasteiger partial charge in [0.05, 0.1) is 13.2 Å². The van der Waals surface area contributed by atoms with E-state index in [9.17, 15) is 5.26 Å². The van der Waals surface area contributed by atoms with Gasteiger partial charge < -0.3 is 9.64 Å². The Morgan fingerprint density at radius 2 is 2.05 bits per heavy atom. The number of methoxy groups -OCH3 is 1. The molecule has 0 bridgehead atoms. The normalized spacial score (nSPS) is 12.2. The van der Waals surface area contributed by atoms with Gasteiger partial charge in [0.2, 0.25) is 0 Å². The van der Waals surface area contributed by atoms with Gasteiger partial charge in [0, 0.05) is 13.1 Å². The van der Waals surface area contributed by atoms with E-state index >= 15 is 0 Å². The number of nitrogens with zero attached hydrogens (tertiary/aromatic N) is 2. The topological polar surface area (TPSA) is 48.3 Å². The van der Waals surface area contributed by atoms with Crippen LogP contribution in [0.5, 0.6) is 5.75 Å². The van der Waals surface area contributed by atoms with Crippen LogP contribution in [-0.4, -0.2) is 38.2 Å². The average Bonchev–Trinajstić information content (AvgIpc) is 2.47. The standard InChI is InChI=1S/C16H25N3O/c1-5-19(6-2)10-9-18-15(12-17)14-7-8-16(20-4)13(3)11-14/h7-8,11,15,18H,5-6,9-10H2,1-4H3. The lowest BCUT2D eigenvalue weighted by atomic mass is 10.0. The van der Waals surface area contributed by atoms with E-state index in [0.717, 1.165) is 43.1 Å². The molecule has 0 aliphatic heterocycles. The van der Waals surface area contributed by atoms with E-state index in [0.29, 0.717) is 0 Å². The molecule has 0 aliphatic carbocycles. The van der Waals surface area contributed by atoms with Crippen LogP contribution in [0, 0.1) is 18.3 Å². The predicted octanol–water partition coefficient (Wildman–Crippen LogP) is 2.50. The molecule has 0 amide bonds. The number of nitriles is 1. The minimum absolute atomic E-state index is 0.268. The summed E-state index contributed by atoms with van der Waals surface area (Å²) >= 11 is 0. The summed E-state index contributed by atoms with van der Waals surface area (Å²) in [5, 5.41) is 12.6. The van der Waals surface area contributed by atoms with Crippen LogP contribution in [0.25, 0.3) is 0 Å². The van der Waals surface area contributed by atoms with Gasteiger partial charge in [-0.1, -0.05) is 19.9 Å². The van der Waals surface area contributed by atoms with Crippen LogP contribution in [0.2, 0.25) is 0 Å². The van der Waals surface area contributed by atoms with Gasteiger partial charge in [-0.05, 0) is 43.3 Å². The molecule has 0 radical (unpaired) electrons. The first-order valence-corrected chi connectivity index (χ1v) is 7.16. The first-order chi connectivity index (χ1) is 9.65. The zero-order valence-electron chi connectivity index (χ0n) is 12.9. The van der Waals surface area contributed by atoms with E-state index in [4.69, 9.17) is 4.74 Å². The number of likely N-dealkylation sites (N-methyl/N-ethyl adjacent to an activating group) is 1. The first-order valence-electron chi connectivity index (χ1n) is 7.16. The molecular formula is C16H25N3O. The summed E-state index contributed by atoms with van der Waals surface area (Å²) in [6, 6.07) is 7.93. The Balaban J connectivity index is 2.63. The van der Waals surface area contributed by atoms with E-state index < -0.39 is 0 Å². The smallest absolute Gasteiger partial charge is 0.121 e. The minimum Gasteiger partial charge on any atom is -0.496 e. The van der Waals surface area contributed by atoms with Crippen molar-refractivity contribution in [2.45, 2.75) is 26.8 Å². The second-order valence-corrected chi connectivity index (χ2v) is 4.77. The van der Waals surface area contributed by atoms with Crippen molar-refractivity contribution < 1.29 is 4.74 Å². The van der Waals surface area contributed by atoms with Crippen molar-refractivity contribution in [1.82, 2.24) is 10.2 Å². The Hall–Kier alpha value is -1.57. The van der Waals surface area contributed by atoms with Crippen molar-refractivity contribution in [3.63, 3.8) is 0 Å². The molecule has 1 N–H and O–H groups in total.